The first-order valence-corrected chi connectivity index (χ1v) is 9.13. The molecule has 0 aliphatic carbocycles. The highest BCUT2D eigenvalue weighted by Crippen LogP contribution is 2.32. The molecule has 0 N–H and O–H groups in total. The normalized spacial score (nSPS) is 19.8. The van der Waals surface area contributed by atoms with E-state index in [1.807, 2.05) is 19.1 Å². The fourth-order valence-corrected chi connectivity index (χ4v) is 3.73. The molecule has 0 saturated carbocycles. The maximum atomic E-state index is 13.6. The summed E-state index contributed by atoms with van der Waals surface area (Å²) in [6, 6.07) is 11.2. The molecule has 5 nitrogen and oxygen atoms in total. The quantitative estimate of drug-likeness (QED) is 0.816. The van der Waals surface area contributed by atoms with Gasteiger partial charge >= 0.3 is 0 Å². The number of anilines is 2. The number of amides is 1. The Bertz CT molecular complexity index is 875. The summed E-state index contributed by atoms with van der Waals surface area (Å²) >= 11 is 0. The molecule has 1 fully saturated rings. The van der Waals surface area contributed by atoms with Gasteiger partial charge in [-0.25, -0.2) is 4.39 Å². The standard InChI is InChI=1S/C21H21FN2O3/c1-14-12-20(25)18-13-16(22)4-7-19(18)24(14)21(26)15-2-5-17(6-3-15)23-8-10-27-11-9-23/h2-7,13-14H,8-12H2,1H3. The second-order valence-corrected chi connectivity index (χ2v) is 6.96. The number of ether oxygens (including phenoxy) is 1. The van der Waals surface area contributed by atoms with Crippen molar-refractivity contribution in [3.8, 4) is 0 Å². The van der Waals surface area contributed by atoms with E-state index in [-0.39, 0.29) is 29.7 Å². The minimum Gasteiger partial charge on any atom is -0.378 e. The summed E-state index contributed by atoms with van der Waals surface area (Å²) in [4.78, 5) is 29.2. The van der Waals surface area contributed by atoms with Crippen LogP contribution in [-0.4, -0.2) is 44.0 Å². The molecule has 2 heterocycles. The lowest BCUT2D eigenvalue weighted by atomic mass is 9.94. The number of rotatable bonds is 2. The Morgan fingerprint density at radius 3 is 2.52 bits per heavy atom. The molecular formula is C21H21FN2O3. The summed E-state index contributed by atoms with van der Waals surface area (Å²) in [5.74, 6) is -0.793. The van der Waals surface area contributed by atoms with Gasteiger partial charge in [-0.3, -0.25) is 9.59 Å². The van der Waals surface area contributed by atoms with Crippen molar-refractivity contribution in [2.45, 2.75) is 19.4 Å². The van der Waals surface area contributed by atoms with Crippen molar-refractivity contribution in [1.82, 2.24) is 0 Å². The van der Waals surface area contributed by atoms with Crippen molar-refractivity contribution < 1.29 is 18.7 Å². The molecule has 27 heavy (non-hydrogen) atoms. The van der Waals surface area contributed by atoms with Gasteiger partial charge in [0.2, 0.25) is 0 Å². The topological polar surface area (TPSA) is 49.9 Å². The molecule has 1 amide bonds. The third kappa shape index (κ3) is 3.32. The van der Waals surface area contributed by atoms with E-state index in [0.717, 1.165) is 18.8 Å². The lowest BCUT2D eigenvalue weighted by molar-refractivity contribution is 0.0936. The third-order valence-corrected chi connectivity index (χ3v) is 5.15. The summed E-state index contributed by atoms with van der Waals surface area (Å²) in [5, 5.41) is 0. The molecular weight excluding hydrogens is 347 g/mol. The van der Waals surface area contributed by atoms with Gasteiger partial charge in [-0.15, -0.1) is 0 Å². The number of carbonyl (C=O) groups excluding carboxylic acids is 2. The Hall–Kier alpha value is -2.73. The molecule has 140 valence electrons. The van der Waals surface area contributed by atoms with Crippen molar-refractivity contribution in [1.29, 1.82) is 0 Å². The van der Waals surface area contributed by atoms with Gasteiger partial charge in [0.15, 0.2) is 5.78 Å². The maximum Gasteiger partial charge on any atom is 0.258 e. The molecule has 0 bridgehead atoms. The van der Waals surface area contributed by atoms with Crippen molar-refractivity contribution >= 4 is 23.1 Å². The van der Waals surface area contributed by atoms with Gasteiger partial charge in [-0.05, 0) is 49.4 Å². The second kappa shape index (κ2) is 7.12. The number of hydrogen-bond acceptors (Lipinski definition) is 4. The second-order valence-electron chi connectivity index (χ2n) is 6.96. The van der Waals surface area contributed by atoms with E-state index in [9.17, 15) is 14.0 Å². The zero-order valence-electron chi connectivity index (χ0n) is 15.2. The number of ketones is 1. The van der Waals surface area contributed by atoms with Crippen LogP contribution in [-0.2, 0) is 4.74 Å². The number of fused-ring (bicyclic) bond motifs is 1. The van der Waals surface area contributed by atoms with Crippen LogP contribution in [0.1, 0.15) is 34.1 Å². The molecule has 1 unspecified atom stereocenters. The van der Waals surface area contributed by atoms with Gasteiger partial charge < -0.3 is 14.5 Å². The summed E-state index contributed by atoms with van der Waals surface area (Å²) < 4.78 is 18.9. The minimum atomic E-state index is -0.473. The summed E-state index contributed by atoms with van der Waals surface area (Å²) in [6.45, 7) is 4.90. The Balaban J connectivity index is 1.62. The van der Waals surface area contributed by atoms with Crippen LogP contribution in [0.2, 0.25) is 0 Å². The molecule has 0 spiro atoms. The monoisotopic (exact) mass is 368 g/mol. The first-order chi connectivity index (χ1) is 13.0. The fourth-order valence-electron chi connectivity index (χ4n) is 3.73. The molecule has 6 heteroatoms. The molecule has 4 rings (SSSR count). The van der Waals surface area contributed by atoms with Crippen LogP contribution < -0.4 is 9.80 Å². The van der Waals surface area contributed by atoms with Crippen molar-refractivity contribution in [2.24, 2.45) is 0 Å². The van der Waals surface area contributed by atoms with Crippen LogP contribution in [0.15, 0.2) is 42.5 Å². The van der Waals surface area contributed by atoms with Gasteiger partial charge in [-0.1, -0.05) is 0 Å². The van der Waals surface area contributed by atoms with E-state index >= 15 is 0 Å². The first kappa shape index (κ1) is 17.7. The molecule has 2 aliphatic rings. The maximum absolute atomic E-state index is 13.6. The van der Waals surface area contributed by atoms with Crippen LogP contribution in [0.5, 0.6) is 0 Å². The number of halogens is 1. The highest BCUT2D eigenvalue weighted by molar-refractivity contribution is 6.14. The first-order valence-electron chi connectivity index (χ1n) is 9.13. The zero-order valence-corrected chi connectivity index (χ0v) is 15.2. The van der Waals surface area contributed by atoms with Crippen molar-refractivity contribution in [2.75, 3.05) is 36.1 Å². The van der Waals surface area contributed by atoms with E-state index in [0.29, 0.717) is 24.5 Å². The van der Waals surface area contributed by atoms with Gasteiger partial charge in [0, 0.05) is 42.4 Å². The van der Waals surface area contributed by atoms with E-state index in [4.69, 9.17) is 4.74 Å². The highest BCUT2D eigenvalue weighted by Gasteiger charge is 2.33. The lowest BCUT2D eigenvalue weighted by Gasteiger charge is -2.34. The molecule has 0 aromatic heterocycles. The van der Waals surface area contributed by atoms with E-state index < -0.39 is 5.82 Å². The van der Waals surface area contributed by atoms with E-state index in [2.05, 4.69) is 4.90 Å². The highest BCUT2D eigenvalue weighted by atomic mass is 19.1. The van der Waals surface area contributed by atoms with Gasteiger partial charge in [0.05, 0.1) is 18.9 Å². The lowest BCUT2D eigenvalue weighted by Crippen LogP contribution is -2.44. The smallest absolute Gasteiger partial charge is 0.258 e. The van der Waals surface area contributed by atoms with Gasteiger partial charge in [0.1, 0.15) is 5.82 Å². The summed E-state index contributed by atoms with van der Waals surface area (Å²) in [7, 11) is 0. The van der Waals surface area contributed by atoms with Crippen molar-refractivity contribution in [3.05, 3.63) is 59.4 Å². The predicted octanol–water partition coefficient (Wildman–Crippen LogP) is 3.28. The molecule has 0 radical (unpaired) electrons. The molecule has 2 aromatic rings. The zero-order chi connectivity index (χ0) is 19.0. The van der Waals surface area contributed by atoms with Crippen LogP contribution in [0.3, 0.4) is 0 Å². The Morgan fingerprint density at radius 2 is 1.81 bits per heavy atom. The molecule has 2 aliphatic heterocycles. The SMILES string of the molecule is CC1CC(=O)c2cc(F)ccc2N1C(=O)c1ccc(N2CCOCC2)cc1. The van der Waals surface area contributed by atoms with E-state index in [1.54, 1.807) is 17.0 Å². The van der Waals surface area contributed by atoms with Crippen LogP contribution in [0.4, 0.5) is 15.8 Å². The average molecular weight is 368 g/mol. The molecule has 1 atom stereocenters. The van der Waals surface area contributed by atoms with Gasteiger partial charge in [-0.2, -0.15) is 0 Å². The number of carbonyl (C=O) groups is 2. The van der Waals surface area contributed by atoms with Crippen LogP contribution >= 0.6 is 0 Å². The Morgan fingerprint density at radius 1 is 1.11 bits per heavy atom. The number of morpholine rings is 1. The Labute approximate surface area is 157 Å². The number of hydrogen-bond donors (Lipinski definition) is 0. The average Bonchev–Trinajstić information content (AvgIpc) is 2.69. The summed E-state index contributed by atoms with van der Waals surface area (Å²) in [6.07, 6.45) is 0.189. The van der Waals surface area contributed by atoms with E-state index in [1.165, 1.54) is 18.2 Å². The summed E-state index contributed by atoms with van der Waals surface area (Å²) in [5.41, 5.74) is 2.34. The fraction of sp³-hybridized carbons (Fsp3) is 0.333. The minimum absolute atomic E-state index is 0.135. The van der Waals surface area contributed by atoms with Gasteiger partial charge in [0.25, 0.3) is 5.91 Å². The largest absolute Gasteiger partial charge is 0.378 e. The molecule has 2 aromatic carbocycles. The number of nitrogens with zero attached hydrogens (tertiary/aromatic N) is 2. The number of benzene rings is 2. The third-order valence-electron chi connectivity index (χ3n) is 5.15. The Kier molecular flexibility index (Phi) is 4.66. The number of Topliss-reactive ketones (excluding diaryl/α,β-unsaturated/α-hetero) is 1. The van der Waals surface area contributed by atoms with Crippen LogP contribution in [0, 0.1) is 5.82 Å². The predicted molar refractivity (Wildman–Crippen MR) is 101 cm³/mol. The molecule has 1 saturated heterocycles. The van der Waals surface area contributed by atoms with Crippen molar-refractivity contribution in [3.63, 3.8) is 0 Å². The van der Waals surface area contributed by atoms with Crippen LogP contribution in [0.25, 0.3) is 0 Å².